The van der Waals surface area contributed by atoms with E-state index in [2.05, 4.69) is 10.3 Å². The maximum atomic E-state index is 12.2. The summed E-state index contributed by atoms with van der Waals surface area (Å²) in [6, 6.07) is 3.40. The van der Waals surface area contributed by atoms with Crippen molar-refractivity contribution in [2.75, 3.05) is 20.3 Å². The molecule has 1 aromatic heterocycles. The van der Waals surface area contributed by atoms with Gasteiger partial charge in [-0.15, -0.1) is 0 Å². The normalized spacial score (nSPS) is 17.5. The number of aliphatic hydroxyl groups is 1. The average Bonchev–Trinajstić information content (AvgIpc) is 2.53. The Morgan fingerprint density at radius 2 is 2.20 bits per heavy atom. The van der Waals surface area contributed by atoms with E-state index in [0.29, 0.717) is 18.0 Å². The minimum atomic E-state index is -0.201. The van der Waals surface area contributed by atoms with Crippen LogP contribution in [0.15, 0.2) is 18.3 Å². The fraction of sp³-hybridized carbons (Fsp3) is 0.600. The van der Waals surface area contributed by atoms with Gasteiger partial charge in [-0.2, -0.15) is 0 Å². The Labute approximate surface area is 119 Å². The summed E-state index contributed by atoms with van der Waals surface area (Å²) >= 11 is 0. The number of carbonyl (C=O) groups excluding carboxylic acids is 1. The molecule has 1 aromatic rings. The number of amides is 1. The van der Waals surface area contributed by atoms with Gasteiger partial charge in [-0.1, -0.05) is 19.3 Å². The van der Waals surface area contributed by atoms with Crippen molar-refractivity contribution < 1.29 is 14.6 Å². The van der Waals surface area contributed by atoms with Crippen LogP contribution in [0.2, 0.25) is 0 Å². The third-order valence-corrected chi connectivity index (χ3v) is 4.08. The van der Waals surface area contributed by atoms with Gasteiger partial charge in [-0.05, 0) is 25.0 Å². The molecular formula is C15H22N2O3. The Kier molecular flexibility index (Phi) is 4.95. The standard InChI is InChI=1S/C15H22N2O3/c1-20-14-12(6-5-9-16-14)13(19)17-10-15(11-18)7-3-2-4-8-15/h5-6,9,18H,2-4,7-8,10-11H2,1H3,(H,17,19). The van der Waals surface area contributed by atoms with Crippen LogP contribution in [0.4, 0.5) is 0 Å². The zero-order valence-corrected chi connectivity index (χ0v) is 11.9. The van der Waals surface area contributed by atoms with E-state index in [1.165, 1.54) is 13.5 Å². The molecule has 20 heavy (non-hydrogen) atoms. The molecular weight excluding hydrogens is 256 g/mol. The number of aliphatic hydroxyl groups excluding tert-OH is 1. The number of pyridine rings is 1. The van der Waals surface area contributed by atoms with Gasteiger partial charge in [0.1, 0.15) is 5.56 Å². The van der Waals surface area contributed by atoms with Crippen LogP contribution in [0.1, 0.15) is 42.5 Å². The van der Waals surface area contributed by atoms with E-state index < -0.39 is 0 Å². The highest BCUT2D eigenvalue weighted by Crippen LogP contribution is 2.35. The molecule has 1 amide bonds. The summed E-state index contributed by atoms with van der Waals surface area (Å²) in [6.07, 6.45) is 6.97. The Morgan fingerprint density at radius 1 is 1.45 bits per heavy atom. The van der Waals surface area contributed by atoms with Crippen molar-refractivity contribution in [3.05, 3.63) is 23.9 Å². The minimum absolute atomic E-state index is 0.122. The molecule has 0 saturated heterocycles. The molecule has 0 atom stereocenters. The highest BCUT2D eigenvalue weighted by molar-refractivity contribution is 5.96. The van der Waals surface area contributed by atoms with Gasteiger partial charge in [0, 0.05) is 18.2 Å². The summed E-state index contributed by atoms with van der Waals surface area (Å²) in [5, 5.41) is 12.6. The number of nitrogens with zero attached hydrogens (tertiary/aromatic N) is 1. The van der Waals surface area contributed by atoms with Gasteiger partial charge in [-0.25, -0.2) is 4.98 Å². The maximum absolute atomic E-state index is 12.2. The average molecular weight is 278 g/mol. The molecule has 0 aromatic carbocycles. The van der Waals surface area contributed by atoms with Crippen molar-refractivity contribution in [2.45, 2.75) is 32.1 Å². The van der Waals surface area contributed by atoms with Crippen LogP contribution in [0, 0.1) is 5.41 Å². The zero-order chi connectivity index (χ0) is 14.4. The van der Waals surface area contributed by atoms with Crippen LogP contribution >= 0.6 is 0 Å². The maximum Gasteiger partial charge on any atom is 0.256 e. The van der Waals surface area contributed by atoms with Crippen LogP contribution in [0.5, 0.6) is 5.88 Å². The smallest absolute Gasteiger partial charge is 0.256 e. The third kappa shape index (κ3) is 3.28. The highest BCUT2D eigenvalue weighted by Gasteiger charge is 2.32. The lowest BCUT2D eigenvalue weighted by Crippen LogP contribution is -2.41. The van der Waals surface area contributed by atoms with Gasteiger partial charge in [0.05, 0.1) is 13.7 Å². The first-order chi connectivity index (χ1) is 9.71. The van der Waals surface area contributed by atoms with E-state index in [4.69, 9.17) is 4.74 Å². The second-order valence-corrected chi connectivity index (χ2v) is 5.46. The SMILES string of the molecule is COc1ncccc1C(=O)NCC1(CO)CCCCC1. The first kappa shape index (κ1) is 14.8. The van der Waals surface area contributed by atoms with Crippen LogP contribution in [0.3, 0.4) is 0 Å². The lowest BCUT2D eigenvalue weighted by molar-refractivity contribution is 0.0716. The molecule has 0 spiro atoms. The first-order valence-corrected chi connectivity index (χ1v) is 7.09. The van der Waals surface area contributed by atoms with E-state index in [1.807, 2.05) is 0 Å². The molecule has 5 heteroatoms. The summed E-state index contributed by atoms with van der Waals surface area (Å²) in [7, 11) is 1.50. The van der Waals surface area contributed by atoms with E-state index in [-0.39, 0.29) is 17.9 Å². The molecule has 2 N–H and O–H groups in total. The summed E-state index contributed by atoms with van der Waals surface area (Å²) in [4.78, 5) is 16.2. The number of methoxy groups -OCH3 is 1. The quantitative estimate of drug-likeness (QED) is 0.861. The molecule has 0 radical (unpaired) electrons. The molecule has 0 unspecified atom stereocenters. The summed E-state index contributed by atoms with van der Waals surface area (Å²) < 4.78 is 5.09. The van der Waals surface area contributed by atoms with Gasteiger partial charge in [0.25, 0.3) is 5.91 Å². The van der Waals surface area contributed by atoms with Crippen molar-refractivity contribution in [3.8, 4) is 5.88 Å². The lowest BCUT2D eigenvalue weighted by Gasteiger charge is -2.35. The second kappa shape index (κ2) is 6.70. The van der Waals surface area contributed by atoms with Crippen molar-refractivity contribution in [3.63, 3.8) is 0 Å². The molecule has 1 heterocycles. The Balaban J connectivity index is 2.00. The molecule has 1 fully saturated rings. The number of ether oxygens (including phenoxy) is 1. The molecule has 110 valence electrons. The van der Waals surface area contributed by atoms with Crippen molar-refractivity contribution in [1.82, 2.24) is 10.3 Å². The van der Waals surface area contributed by atoms with E-state index >= 15 is 0 Å². The van der Waals surface area contributed by atoms with Gasteiger partial charge in [0.15, 0.2) is 0 Å². The number of aromatic nitrogens is 1. The Bertz CT molecular complexity index is 456. The van der Waals surface area contributed by atoms with Crippen LogP contribution in [0.25, 0.3) is 0 Å². The number of hydrogen-bond acceptors (Lipinski definition) is 4. The summed E-state index contributed by atoms with van der Waals surface area (Å²) in [5.74, 6) is 0.125. The van der Waals surface area contributed by atoms with Crippen molar-refractivity contribution in [2.24, 2.45) is 5.41 Å². The van der Waals surface area contributed by atoms with Crippen molar-refractivity contribution in [1.29, 1.82) is 0 Å². The monoisotopic (exact) mass is 278 g/mol. The minimum Gasteiger partial charge on any atom is -0.480 e. The van der Waals surface area contributed by atoms with Crippen LogP contribution in [-0.2, 0) is 0 Å². The fourth-order valence-corrected chi connectivity index (χ4v) is 2.78. The predicted octanol–water partition coefficient (Wildman–Crippen LogP) is 1.76. The fourth-order valence-electron chi connectivity index (χ4n) is 2.78. The third-order valence-electron chi connectivity index (χ3n) is 4.08. The number of rotatable bonds is 5. The van der Waals surface area contributed by atoms with Gasteiger partial charge in [-0.3, -0.25) is 4.79 Å². The van der Waals surface area contributed by atoms with E-state index in [9.17, 15) is 9.90 Å². The molecule has 1 saturated carbocycles. The molecule has 0 bridgehead atoms. The topological polar surface area (TPSA) is 71.5 Å². The molecule has 2 rings (SSSR count). The number of hydrogen-bond donors (Lipinski definition) is 2. The number of carbonyl (C=O) groups is 1. The summed E-state index contributed by atoms with van der Waals surface area (Å²) in [5.41, 5.74) is 0.266. The van der Waals surface area contributed by atoms with Gasteiger partial charge >= 0.3 is 0 Å². The first-order valence-electron chi connectivity index (χ1n) is 7.09. The second-order valence-electron chi connectivity index (χ2n) is 5.46. The largest absolute Gasteiger partial charge is 0.480 e. The number of nitrogens with one attached hydrogen (secondary N) is 1. The van der Waals surface area contributed by atoms with Crippen LogP contribution in [-0.4, -0.2) is 36.3 Å². The Hall–Kier alpha value is -1.62. The predicted molar refractivity (Wildman–Crippen MR) is 75.7 cm³/mol. The zero-order valence-electron chi connectivity index (χ0n) is 11.9. The highest BCUT2D eigenvalue weighted by atomic mass is 16.5. The lowest BCUT2D eigenvalue weighted by atomic mass is 9.74. The molecule has 1 aliphatic carbocycles. The van der Waals surface area contributed by atoms with E-state index in [1.54, 1.807) is 18.3 Å². The van der Waals surface area contributed by atoms with E-state index in [0.717, 1.165) is 25.7 Å². The van der Waals surface area contributed by atoms with Crippen molar-refractivity contribution >= 4 is 5.91 Å². The molecule has 0 aliphatic heterocycles. The Morgan fingerprint density at radius 3 is 2.85 bits per heavy atom. The van der Waals surface area contributed by atoms with Gasteiger partial charge < -0.3 is 15.2 Å². The van der Waals surface area contributed by atoms with Crippen LogP contribution < -0.4 is 10.1 Å². The summed E-state index contributed by atoms with van der Waals surface area (Å²) in [6.45, 7) is 0.623. The molecule has 5 nitrogen and oxygen atoms in total. The van der Waals surface area contributed by atoms with Gasteiger partial charge in [0.2, 0.25) is 5.88 Å². The molecule has 1 aliphatic rings.